The van der Waals surface area contributed by atoms with Crippen LogP contribution in [0.2, 0.25) is 0 Å². The lowest BCUT2D eigenvalue weighted by Gasteiger charge is -2.53. The molecule has 5 heterocycles. The molecule has 4 nitrogen and oxygen atoms in total. The summed E-state index contributed by atoms with van der Waals surface area (Å²) in [5, 5.41) is 4.18. The van der Waals surface area contributed by atoms with Gasteiger partial charge in [0.2, 0.25) is 0 Å². The van der Waals surface area contributed by atoms with Crippen LogP contribution in [-0.2, 0) is 6.42 Å². The van der Waals surface area contributed by atoms with Gasteiger partial charge in [0.25, 0.3) is 0 Å². The summed E-state index contributed by atoms with van der Waals surface area (Å²) in [5.74, 6) is 0. The van der Waals surface area contributed by atoms with Crippen molar-refractivity contribution in [2.45, 2.75) is 38.6 Å². The Morgan fingerprint density at radius 1 is 1.30 bits per heavy atom. The molecule has 2 aromatic heterocycles. The number of hydrogen-bond acceptors (Lipinski definition) is 4. The summed E-state index contributed by atoms with van der Waals surface area (Å²) in [7, 11) is 0. The van der Waals surface area contributed by atoms with Gasteiger partial charge in [-0.15, -0.1) is 11.3 Å². The van der Waals surface area contributed by atoms with Crippen LogP contribution < -0.4 is 5.73 Å². The van der Waals surface area contributed by atoms with E-state index in [-0.39, 0.29) is 5.41 Å². The Bertz CT molecular complexity index is 1090. The zero-order valence-corrected chi connectivity index (χ0v) is 16.4. The number of fused-ring (bicyclic) bond motifs is 3. The Kier molecular flexibility index (Phi) is 3.21. The lowest BCUT2D eigenvalue weighted by atomic mass is 9.66. The number of rotatable bonds is 2. The molecule has 5 heteroatoms. The van der Waals surface area contributed by atoms with Crippen LogP contribution >= 0.6 is 11.3 Å². The Labute approximate surface area is 163 Å². The Balaban J connectivity index is 1.73. The molecule has 0 amide bonds. The van der Waals surface area contributed by atoms with Gasteiger partial charge < -0.3 is 10.3 Å². The largest absolute Gasteiger partial charge is 0.375 e. The van der Waals surface area contributed by atoms with E-state index < -0.39 is 0 Å². The van der Waals surface area contributed by atoms with E-state index >= 15 is 0 Å². The molecule has 2 atom stereocenters. The van der Waals surface area contributed by atoms with Gasteiger partial charge in [-0.2, -0.15) is 0 Å². The van der Waals surface area contributed by atoms with Gasteiger partial charge in [0, 0.05) is 28.4 Å². The van der Waals surface area contributed by atoms with Crippen molar-refractivity contribution in [2.24, 2.45) is 5.41 Å². The minimum atomic E-state index is 0.200. The topological polar surface area (TPSA) is 47.1 Å². The zero-order chi connectivity index (χ0) is 18.2. The van der Waals surface area contributed by atoms with Crippen molar-refractivity contribution in [1.29, 1.82) is 0 Å². The number of nitrogens with zero attached hydrogens (tertiary/aromatic N) is 3. The van der Waals surface area contributed by atoms with Crippen molar-refractivity contribution in [3.05, 3.63) is 52.7 Å². The van der Waals surface area contributed by atoms with Crippen molar-refractivity contribution >= 4 is 33.1 Å². The molecule has 3 aliphatic heterocycles. The third kappa shape index (κ3) is 1.99. The minimum Gasteiger partial charge on any atom is -0.375 e. The summed E-state index contributed by atoms with van der Waals surface area (Å²) < 4.78 is 2.51. The first-order valence-electron chi connectivity index (χ1n) is 10.0. The molecule has 0 saturated carbocycles. The quantitative estimate of drug-likeness (QED) is 0.707. The van der Waals surface area contributed by atoms with Gasteiger partial charge in [-0.25, -0.2) is 4.98 Å². The summed E-state index contributed by atoms with van der Waals surface area (Å²) in [4.78, 5) is 7.43. The first-order chi connectivity index (χ1) is 13.2. The van der Waals surface area contributed by atoms with E-state index in [2.05, 4.69) is 57.1 Å². The van der Waals surface area contributed by atoms with Crippen molar-refractivity contribution in [3.8, 4) is 0 Å². The van der Waals surface area contributed by atoms with Gasteiger partial charge in [0.05, 0.1) is 22.9 Å². The van der Waals surface area contributed by atoms with Gasteiger partial charge in [0.1, 0.15) is 0 Å². The highest BCUT2D eigenvalue weighted by atomic mass is 32.1. The minimum absolute atomic E-state index is 0.200. The number of hydrogen-bond donors (Lipinski definition) is 1. The number of anilines is 1. The van der Waals surface area contributed by atoms with E-state index in [1.807, 2.05) is 0 Å². The van der Waals surface area contributed by atoms with Gasteiger partial charge in [-0.3, -0.25) is 4.90 Å². The Morgan fingerprint density at radius 3 is 3.00 bits per heavy atom. The van der Waals surface area contributed by atoms with E-state index in [9.17, 15) is 0 Å². The smallest absolute Gasteiger partial charge is 0.180 e. The number of aromatic nitrogens is 2. The highest BCUT2D eigenvalue weighted by molar-refractivity contribution is 7.13. The van der Waals surface area contributed by atoms with Gasteiger partial charge in [-0.1, -0.05) is 25.1 Å². The second-order valence-electron chi connectivity index (χ2n) is 8.20. The molecule has 1 aromatic carbocycles. The maximum Gasteiger partial charge on any atom is 0.180 e. The molecule has 2 N–H and O–H groups in total. The Morgan fingerprint density at radius 2 is 2.19 bits per heavy atom. The van der Waals surface area contributed by atoms with Crippen LogP contribution in [0.4, 0.5) is 5.13 Å². The van der Waals surface area contributed by atoms with Crippen molar-refractivity contribution in [3.63, 3.8) is 0 Å². The highest BCUT2D eigenvalue weighted by Crippen LogP contribution is 2.57. The molecule has 0 radical (unpaired) electrons. The molecule has 0 spiro atoms. The number of nitrogens with two attached hydrogens (primary N) is 1. The molecule has 0 bridgehead atoms. The van der Waals surface area contributed by atoms with Gasteiger partial charge in [0.15, 0.2) is 5.13 Å². The summed E-state index contributed by atoms with van der Waals surface area (Å²) in [6, 6.07) is 9.39. The van der Waals surface area contributed by atoms with Crippen LogP contribution in [-0.4, -0.2) is 27.5 Å². The summed E-state index contributed by atoms with van der Waals surface area (Å²) in [5.41, 5.74) is 12.9. The van der Waals surface area contributed by atoms with Crippen molar-refractivity contribution < 1.29 is 0 Å². The summed E-state index contributed by atoms with van der Waals surface area (Å²) >= 11 is 1.54. The normalized spacial score (nSPS) is 26.9. The Hall–Kier alpha value is -2.11. The standard InChI is InChI=1S/C22H24N4S/c1-2-22-9-5-10-25-11-8-15-14-6-3-4-7-17(14)26(19(15)20(22)25)18(12-22)16-13-27-21(23)24-16/h3-4,6-7,12-13,20H,2,5,8-11H2,1H3,(H2,23,24)/t20-,22+/m1/s1. The summed E-state index contributed by atoms with van der Waals surface area (Å²) in [6.07, 6.45) is 7.40. The zero-order valence-electron chi connectivity index (χ0n) is 15.6. The molecule has 1 fully saturated rings. The average Bonchev–Trinajstić information content (AvgIpc) is 3.28. The second-order valence-corrected chi connectivity index (χ2v) is 9.09. The molecule has 27 heavy (non-hydrogen) atoms. The van der Waals surface area contributed by atoms with Crippen LogP contribution in [0, 0.1) is 5.41 Å². The summed E-state index contributed by atoms with van der Waals surface area (Å²) in [6.45, 7) is 4.76. The first kappa shape index (κ1) is 15.9. The van der Waals surface area contributed by atoms with Gasteiger partial charge >= 0.3 is 0 Å². The molecule has 1 saturated heterocycles. The molecular formula is C22H24N4S. The van der Waals surface area contributed by atoms with Crippen LogP contribution in [0.1, 0.15) is 49.2 Å². The number of piperidine rings is 1. The molecule has 0 unspecified atom stereocenters. The van der Waals surface area contributed by atoms with E-state index in [1.54, 1.807) is 5.56 Å². The monoisotopic (exact) mass is 376 g/mol. The molecule has 3 aromatic rings. The predicted molar refractivity (Wildman–Crippen MR) is 112 cm³/mol. The predicted octanol–water partition coefficient (Wildman–Crippen LogP) is 4.67. The van der Waals surface area contributed by atoms with E-state index in [0.717, 1.165) is 18.5 Å². The number of nitrogen functional groups attached to an aromatic ring is 1. The fourth-order valence-electron chi connectivity index (χ4n) is 5.87. The van der Waals surface area contributed by atoms with Gasteiger partial charge in [-0.05, 0) is 49.9 Å². The molecule has 3 aliphatic rings. The lowest BCUT2D eigenvalue weighted by Crippen LogP contribution is -2.50. The molecule has 138 valence electrons. The van der Waals surface area contributed by atoms with Crippen LogP contribution in [0.5, 0.6) is 0 Å². The van der Waals surface area contributed by atoms with E-state index in [0.29, 0.717) is 11.2 Å². The van der Waals surface area contributed by atoms with E-state index in [1.165, 1.54) is 59.6 Å². The van der Waals surface area contributed by atoms with Crippen molar-refractivity contribution in [2.75, 3.05) is 18.8 Å². The first-order valence-corrected chi connectivity index (χ1v) is 10.9. The highest BCUT2D eigenvalue weighted by Gasteiger charge is 2.50. The lowest BCUT2D eigenvalue weighted by molar-refractivity contribution is 0.0271. The number of benzene rings is 1. The SMILES string of the molecule is CC[C@@]12C=C(c3csc(N)n3)n3c4c(c5ccccc53)CCN(CCC1)[C@H]42. The fraction of sp³-hybridized carbons (Fsp3) is 0.409. The van der Waals surface area contributed by atoms with Crippen LogP contribution in [0.3, 0.4) is 0 Å². The van der Waals surface area contributed by atoms with Crippen LogP contribution in [0.15, 0.2) is 35.7 Å². The van der Waals surface area contributed by atoms with Crippen LogP contribution in [0.25, 0.3) is 16.6 Å². The molecule has 0 aliphatic carbocycles. The fourth-order valence-corrected chi connectivity index (χ4v) is 6.43. The van der Waals surface area contributed by atoms with E-state index in [4.69, 9.17) is 5.73 Å². The molecular weight excluding hydrogens is 352 g/mol. The van der Waals surface area contributed by atoms with Crippen molar-refractivity contribution in [1.82, 2.24) is 14.5 Å². The number of thiazole rings is 1. The maximum atomic E-state index is 6.02. The average molecular weight is 377 g/mol. The maximum absolute atomic E-state index is 6.02. The number of para-hydroxylation sites is 1. The second kappa shape index (κ2) is 5.46. The third-order valence-corrected chi connectivity index (χ3v) is 7.71. The molecule has 6 rings (SSSR count). The third-order valence-electron chi connectivity index (χ3n) is 7.03.